The Morgan fingerprint density at radius 1 is 1.18 bits per heavy atom. The minimum absolute atomic E-state index is 0.283. The number of carbonyl (C=O) groups excluding carboxylic acids is 3. The lowest BCUT2D eigenvalue weighted by Crippen LogP contribution is -2.57. The van der Waals surface area contributed by atoms with Crippen LogP contribution < -0.4 is 16.4 Å². The molecule has 0 radical (unpaired) electrons. The van der Waals surface area contributed by atoms with E-state index in [0.717, 1.165) is 0 Å². The third kappa shape index (κ3) is 6.62. The molecule has 0 aromatic heterocycles. The summed E-state index contributed by atoms with van der Waals surface area (Å²) in [6.45, 7) is -1.06. The first-order valence-corrected chi connectivity index (χ1v) is 10.3. The second kappa shape index (κ2) is 11.8. The van der Waals surface area contributed by atoms with E-state index in [1.807, 2.05) is 6.26 Å². The number of rotatable bonds is 11. The number of likely N-dealkylation sites (tertiary alicyclic amines) is 1. The van der Waals surface area contributed by atoms with Crippen molar-refractivity contribution in [3.05, 3.63) is 0 Å². The van der Waals surface area contributed by atoms with E-state index in [1.165, 1.54) is 16.7 Å². The molecule has 3 amide bonds. The molecule has 12 heteroatoms. The van der Waals surface area contributed by atoms with Gasteiger partial charge in [-0.3, -0.25) is 14.4 Å². The Morgan fingerprint density at radius 3 is 2.39 bits per heavy atom. The van der Waals surface area contributed by atoms with Gasteiger partial charge < -0.3 is 36.6 Å². The third-order valence-corrected chi connectivity index (χ3v) is 5.04. The van der Waals surface area contributed by atoms with Crippen LogP contribution in [-0.4, -0.2) is 99.8 Å². The molecule has 1 saturated heterocycles. The first-order chi connectivity index (χ1) is 13.3. The normalized spacial score (nSPS) is 19.6. The van der Waals surface area contributed by atoms with Crippen molar-refractivity contribution in [2.75, 3.05) is 31.8 Å². The van der Waals surface area contributed by atoms with E-state index in [2.05, 4.69) is 10.6 Å². The van der Waals surface area contributed by atoms with Gasteiger partial charge in [-0.05, 0) is 31.3 Å². The molecule has 0 saturated carbocycles. The Balaban J connectivity index is 2.88. The zero-order valence-electron chi connectivity index (χ0n) is 15.7. The van der Waals surface area contributed by atoms with Gasteiger partial charge in [0, 0.05) is 6.54 Å². The Bertz CT molecular complexity index is 577. The monoisotopic (exact) mass is 420 g/mol. The molecule has 7 N–H and O–H groups in total. The highest BCUT2D eigenvalue weighted by Gasteiger charge is 2.38. The van der Waals surface area contributed by atoms with Crippen LogP contribution in [0.4, 0.5) is 0 Å². The predicted molar refractivity (Wildman–Crippen MR) is 101 cm³/mol. The maximum absolute atomic E-state index is 13.0. The van der Waals surface area contributed by atoms with Gasteiger partial charge in [-0.15, -0.1) is 0 Å². The number of hydrogen-bond donors (Lipinski definition) is 6. The maximum atomic E-state index is 13.0. The van der Waals surface area contributed by atoms with Crippen molar-refractivity contribution in [1.82, 2.24) is 15.5 Å². The Hall–Kier alpha value is -1.89. The average Bonchev–Trinajstić information content (AvgIpc) is 3.17. The minimum Gasteiger partial charge on any atom is -0.480 e. The fourth-order valence-corrected chi connectivity index (χ4v) is 3.28. The number of thioether (sulfide) groups is 1. The van der Waals surface area contributed by atoms with Crippen LogP contribution in [-0.2, 0) is 19.2 Å². The molecule has 0 bridgehead atoms. The molecule has 0 spiro atoms. The smallest absolute Gasteiger partial charge is 0.328 e. The fraction of sp³-hybridized carbons (Fsp3) is 0.750. The van der Waals surface area contributed by atoms with Crippen molar-refractivity contribution in [2.45, 2.75) is 43.4 Å². The molecule has 0 aromatic carbocycles. The molecule has 0 aliphatic carbocycles. The van der Waals surface area contributed by atoms with Crippen LogP contribution >= 0.6 is 11.8 Å². The zero-order chi connectivity index (χ0) is 21.3. The maximum Gasteiger partial charge on any atom is 0.328 e. The van der Waals surface area contributed by atoms with Gasteiger partial charge >= 0.3 is 5.97 Å². The molecule has 28 heavy (non-hydrogen) atoms. The Kier molecular flexibility index (Phi) is 10.2. The summed E-state index contributed by atoms with van der Waals surface area (Å²) < 4.78 is 0. The number of nitrogens with two attached hydrogens (primary N) is 1. The number of nitrogens with one attached hydrogen (secondary N) is 2. The lowest BCUT2D eigenvalue weighted by Gasteiger charge is -2.29. The summed E-state index contributed by atoms with van der Waals surface area (Å²) in [5.74, 6) is -2.62. The molecule has 160 valence electrons. The largest absolute Gasteiger partial charge is 0.480 e. The van der Waals surface area contributed by atoms with Crippen LogP contribution in [0.3, 0.4) is 0 Å². The number of amides is 3. The second-order valence-electron chi connectivity index (χ2n) is 6.40. The SMILES string of the molecule is CSCCC(NC(=O)C(N)CO)C(=O)N1CCCC1C(=O)NC(CO)C(=O)O. The lowest BCUT2D eigenvalue weighted by molar-refractivity contribution is -0.145. The van der Waals surface area contributed by atoms with Gasteiger partial charge in [0.05, 0.1) is 13.2 Å². The predicted octanol–water partition coefficient (Wildman–Crippen LogP) is -2.90. The first-order valence-electron chi connectivity index (χ1n) is 8.87. The summed E-state index contributed by atoms with van der Waals surface area (Å²) in [5, 5.41) is 31.8. The molecule has 4 unspecified atom stereocenters. The van der Waals surface area contributed by atoms with Crippen LogP contribution in [0.2, 0.25) is 0 Å². The molecule has 4 atom stereocenters. The molecule has 1 fully saturated rings. The molecular formula is C16H28N4O7S. The average molecular weight is 420 g/mol. The summed E-state index contributed by atoms with van der Waals surface area (Å²) in [6.07, 6.45) is 3.04. The summed E-state index contributed by atoms with van der Waals surface area (Å²) in [4.78, 5) is 49.7. The number of hydrogen-bond acceptors (Lipinski definition) is 8. The molecule has 0 aromatic rings. The summed E-state index contributed by atoms with van der Waals surface area (Å²) in [5.41, 5.74) is 5.49. The van der Waals surface area contributed by atoms with Crippen molar-refractivity contribution in [1.29, 1.82) is 0 Å². The molecule has 1 rings (SSSR count). The summed E-state index contributed by atoms with van der Waals surface area (Å²) in [7, 11) is 0. The number of aliphatic carboxylic acids is 1. The van der Waals surface area contributed by atoms with Crippen LogP contribution in [0.1, 0.15) is 19.3 Å². The molecule has 1 aliphatic heterocycles. The lowest BCUT2D eigenvalue weighted by atomic mass is 10.1. The van der Waals surface area contributed by atoms with E-state index in [-0.39, 0.29) is 6.54 Å². The molecule has 1 aliphatic rings. The van der Waals surface area contributed by atoms with E-state index < -0.39 is 61.1 Å². The van der Waals surface area contributed by atoms with Crippen LogP contribution in [0.5, 0.6) is 0 Å². The third-order valence-electron chi connectivity index (χ3n) is 4.39. The van der Waals surface area contributed by atoms with Gasteiger partial charge in [-0.2, -0.15) is 11.8 Å². The number of aliphatic hydroxyl groups is 2. The van der Waals surface area contributed by atoms with E-state index in [9.17, 15) is 19.2 Å². The summed E-state index contributed by atoms with van der Waals surface area (Å²) in [6, 6.07) is -4.43. The molecule has 11 nitrogen and oxygen atoms in total. The number of carbonyl (C=O) groups is 4. The van der Waals surface area contributed by atoms with Gasteiger partial charge in [-0.1, -0.05) is 0 Å². The number of carboxylic acids is 1. The van der Waals surface area contributed by atoms with Crippen molar-refractivity contribution in [3.8, 4) is 0 Å². The van der Waals surface area contributed by atoms with Gasteiger partial charge in [0.2, 0.25) is 17.7 Å². The standard InChI is InChI=1S/C16H28N4O7S/c1-28-6-4-10(18-13(23)9(17)7-21)15(25)20-5-2-3-12(20)14(24)19-11(8-22)16(26)27/h9-12,21-22H,2-8,17H2,1H3,(H,18,23)(H,19,24)(H,26,27). The van der Waals surface area contributed by atoms with Crippen LogP contribution in [0.15, 0.2) is 0 Å². The van der Waals surface area contributed by atoms with E-state index in [4.69, 9.17) is 21.1 Å². The topological polar surface area (TPSA) is 182 Å². The first kappa shape index (κ1) is 24.1. The fourth-order valence-electron chi connectivity index (χ4n) is 2.81. The van der Waals surface area contributed by atoms with Crippen molar-refractivity contribution >= 4 is 35.5 Å². The Morgan fingerprint density at radius 2 is 1.86 bits per heavy atom. The Labute approximate surface area is 167 Å². The van der Waals surface area contributed by atoms with Crippen LogP contribution in [0.25, 0.3) is 0 Å². The van der Waals surface area contributed by atoms with Gasteiger partial charge in [0.15, 0.2) is 0 Å². The highest BCUT2D eigenvalue weighted by molar-refractivity contribution is 7.98. The number of aliphatic hydroxyl groups excluding tert-OH is 2. The quantitative estimate of drug-likeness (QED) is 0.204. The molecule has 1 heterocycles. The van der Waals surface area contributed by atoms with Crippen LogP contribution in [0, 0.1) is 0 Å². The molecular weight excluding hydrogens is 392 g/mol. The van der Waals surface area contributed by atoms with Crippen molar-refractivity contribution < 1.29 is 34.5 Å². The van der Waals surface area contributed by atoms with E-state index >= 15 is 0 Å². The zero-order valence-corrected chi connectivity index (χ0v) is 16.5. The minimum atomic E-state index is -1.46. The van der Waals surface area contributed by atoms with E-state index in [0.29, 0.717) is 25.0 Å². The highest BCUT2D eigenvalue weighted by Crippen LogP contribution is 2.20. The van der Waals surface area contributed by atoms with Gasteiger partial charge in [0.1, 0.15) is 24.2 Å². The van der Waals surface area contributed by atoms with Crippen molar-refractivity contribution in [2.24, 2.45) is 5.73 Å². The van der Waals surface area contributed by atoms with Gasteiger partial charge in [-0.25, -0.2) is 4.79 Å². The van der Waals surface area contributed by atoms with Crippen molar-refractivity contribution in [3.63, 3.8) is 0 Å². The van der Waals surface area contributed by atoms with E-state index in [1.54, 1.807) is 0 Å². The second-order valence-corrected chi connectivity index (χ2v) is 7.39. The van der Waals surface area contributed by atoms with Gasteiger partial charge in [0.25, 0.3) is 0 Å². The highest BCUT2D eigenvalue weighted by atomic mass is 32.2. The number of nitrogens with zero attached hydrogens (tertiary/aromatic N) is 1. The summed E-state index contributed by atoms with van der Waals surface area (Å²) >= 11 is 1.48. The number of carboxylic acid groups (broad SMARTS) is 1.